The molecule has 1 aliphatic carbocycles. The molecule has 1 saturated heterocycles. The number of methoxy groups -OCH3 is 1. The van der Waals surface area contributed by atoms with Crippen LogP contribution in [0.2, 0.25) is 0 Å². The highest BCUT2D eigenvalue weighted by Gasteiger charge is 2.40. The molecule has 2 rings (SSSR count). The molecule has 1 N–H and O–H groups in total. The second kappa shape index (κ2) is 6.86. The van der Waals surface area contributed by atoms with E-state index in [4.69, 9.17) is 9.47 Å². The smallest absolute Gasteiger partial charge is 0.410 e. The van der Waals surface area contributed by atoms with Crippen LogP contribution in [0.25, 0.3) is 0 Å². The van der Waals surface area contributed by atoms with Crippen LogP contribution in [0.1, 0.15) is 40.0 Å². The van der Waals surface area contributed by atoms with Gasteiger partial charge in [0.25, 0.3) is 0 Å². The van der Waals surface area contributed by atoms with Crippen LogP contribution in [0.15, 0.2) is 0 Å². The summed E-state index contributed by atoms with van der Waals surface area (Å²) in [6, 6.07) is 0.197. The quantitative estimate of drug-likeness (QED) is 0.862. The van der Waals surface area contributed by atoms with Gasteiger partial charge in [-0.3, -0.25) is 4.79 Å². The van der Waals surface area contributed by atoms with Gasteiger partial charge in [-0.15, -0.1) is 0 Å². The summed E-state index contributed by atoms with van der Waals surface area (Å²) in [5, 5.41) is 3.02. The molecule has 6 nitrogen and oxygen atoms in total. The Morgan fingerprint density at radius 2 is 1.86 bits per heavy atom. The van der Waals surface area contributed by atoms with E-state index < -0.39 is 5.60 Å². The third-order valence-electron chi connectivity index (χ3n) is 4.34. The van der Waals surface area contributed by atoms with E-state index >= 15 is 0 Å². The summed E-state index contributed by atoms with van der Waals surface area (Å²) in [7, 11) is 1.52. The summed E-state index contributed by atoms with van der Waals surface area (Å²) >= 11 is 0. The van der Waals surface area contributed by atoms with Gasteiger partial charge in [0, 0.05) is 26.2 Å². The lowest BCUT2D eigenvalue weighted by Gasteiger charge is -2.31. The van der Waals surface area contributed by atoms with Crippen molar-refractivity contribution in [3.8, 4) is 0 Å². The molecule has 1 aliphatic heterocycles. The van der Waals surface area contributed by atoms with Gasteiger partial charge in [-0.05, 0) is 51.9 Å². The van der Waals surface area contributed by atoms with Gasteiger partial charge >= 0.3 is 6.09 Å². The maximum absolute atomic E-state index is 12.2. The molecule has 126 valence electrons. The number of carbonyl (C=O) groups excluding carboxylic acids is 2. The van der Waals surface area contributed by atoms with Crippen LogP contribution < -0.4 is 5.32 Å². The maximum atomic E-state index is 12.2. The third-order valence-corrected chi connectivity index (χ3v) is 4.34. The first kappa shape index (κ1) is 17.1. The van der Waals surface area contributed by atoms with E-state index in [1.807, 2.05) is 25.7 Å². The van der Waals surface area contributed by atoms with Gasteiger partial charge in [0.05, 0.1) is 0 Å². The summed E-state index contributed by atoms with van der Waals surface area (Å²) in [6.07, 6.45) is 2.72. The number of likely N-dealkylation sites (tertiary alicyclic amines) is 1. The van der Waals surface area contributed by atoms with E-state index in [1.165, 1.54) is 7.11 Å². The second-order valence-electron chi connectivity index (χ2n) is 7.42. The molecule has 1 heterocycles. The standard InChI is InChI=1S/C16H28N2O4/c1-16(2,3)22-15(20)18-8-11-5-6-13(7-12(11)9-18)17-14(19)10-21-4/h11-13H,5-10H2,1-4H3,(H,17,19). The predicted octanol–water partition coefficient (Wildman–Crippen LogP) is 1.78. The highest BCUT2D eigenvalue weighted by atomic mass is 16.6. The number of hydrogen-bond acceptors (Lipinski definition) is 4. The molecule has 0 radical (unpaired) electrons. The highest BCUT2D eigenvalue weighted by molar-refractivity contribution is 5.77. The van der Waals surface area contributed by atoms with Crippen molar-refractivity contribution in [1.82, 2.24) is 10.2 Å². The van der Waals surface area contributed by atoms with Crippen LogP contribution >= 0.6 is 0 Å². The van der Waals surface area contributed by atoms with Gasteiger partial charge in [-0.25, -0.2) is 4.79 Å². The van der Waals surface area contributed by atoms with E-state index in [2.05, 4.69) is 5.32 Å². The van der Waals surface area contributed by atoms with Crippen LogP contribution in [-0.2, 0) is 14.3 Å². The first-order chi connectivity index (χ1) is 10.3. The number of amides is 2. The van der Waals surface area contributed by atoms with E-state index in [1.54, 1.807) is 0 Å². The van der Waals surface area contributed by atoms with E-state index in [9.17, 15) is 9.59 Å². The molecule has 0 aromatic carbocycles. The normalized spacial score (nSPS) is 28.2. The number of hydrogen-bond donors (Lipinski definition) is 1. The summed E-state index contributed by atoms with van der Waals surface area (Å²) in [6.45, 7) is 7.27. The average Bonchev–Trinajstić information content (AvgIpc) is 2.80. The first-order valence-corrected chi connectivity index (χ1v) is 8.04. The highest BCUT2D eigenvalue weighted by Crippen LogP contribution is 2.36. The van der Waals surface area contributed by atoms with E-state index in [0.717, 1.165) is 32.4 Å². The zero-order valence-electron chi connectivity index (χ0n) is 14.1. The van der Waals surface area contributed by atoms with E-state index in [-0.39, 0.29) is 24.6 Å². The Kier molecular flexibility index (Phi) is 5.32. The molecule has 0 aromatic rings. The zero-order chi connectivity index (χ0) is 16.3. The molecule has 1 saturated carbocycles. The molecule has 3 unspecified atom stereocenters. The lowest BCUT2D eigenvalue weighted by molar-refractivity contribution is -0.125. The molecule has 0 spiro atoms. The van der Waals surface area contributed by atoms with Crippen molar-refractivity contribution in [2.24, 2.45) is 11.8 Å². The Bertz CT molecular complexity index is 419. The van der Waals surface area contributed by atoms with Crippen LogP contribution in [-0.4, -0.2) is 55.3 Å². The lowest BCUT2D eigenvalue weighted by Crippen LogP contribution is -2.42. The molecule has 2 fully saturated rings. The minimum Gasteiger partial charge on any atom is -0.444 e. The third kappa shape index (κ3) is 4.60. The van der Waals surface area contributed by atoms with Gasteiger partial charge in [0.1, 0.15) is 12.2 Å². The molecule has 0 aromatic heterocycles. The van der Waals surface area contributed by atoms with Gasteiger partial charge < -0.3 is 19.7 Å². The van der Waals surface area contributed by atoms with Gasteiger partial charge in [-0.2, -0.15) is 0 Å². The average molecular weight is 312 g/mol. The summed E-state index contributed by atoms with van der Waals surface area (Å²) < 4.78 is 10.3. The maximum Gasteiger partial charge on any atom is 0.410 e. The minimum atomic E-state index is -0.457. The fraction of sp³-hybridized carbons (Fsp3) is 0.875. The fourth-order valence-corrected chi connectivity index (χ4v) is 3.44. The number of nitrogens with zero attached hydrogens (tertiary/aromatic N) is 1. The van der Waals surface area contributed by atoms with Crippen molar-refractivity contribution in [3.05, 3.63) is 0 Å². The van der Waals surface area contributed by atoms with Gasteiger partial charge in [0.15, 0.2) is 0 Å². The van der Waals surface area contributed by atoms with Crippen LogP contribution in [0.4, 0.5) is 4.79 Å². The molecular weight excluding hydrogens is 284 g/mol. The van der Waals surface area contributed by atoms with Crippen LogP contribution in [0.3, 0.4) is 0 Å². The van der Waals surface area contributed by atoms with Crippen molar-refractivity contribution in [3.63, 3.8) is 0 Å². The number of nitrogens with one attached hydrogen (secondary N) is 1. The lowest BCUT2D eigenvalue weighted by atomic mass is 9.79. The monoisotopic (exact) mass is 312 g/mol. The molecule has 2 aliphatic rings. The van der Waals surface area contributed by atoms with Gasteiger partial charge in [-0.1, -0.05) is 0 Å². The van der Waals surface area contributed by atoms with Crippen molar-refractivity contribution in [2.75, 3.05) is 26.8 Å². The van der Waals surface area contributed by atoms with Crippen molar-refractivity contribution in [1.29, 1.82) is 0 Å². The van der Waals surface area contributed by atoms with Gasteiger partial charge in [0.2, 0.25) is 5.91 Å². The Hall–Kier alpha value is -1.30. The second-order valence-corrected chi connectivity index (χ2v) is 7.42. The van der Waals surface area contributed by atoms with Crippen LogP contribution in [0.5, 0.6) is 0 Å². The minimum absolute atomic E-state index is 0.0621. The van der Waals surface area contributed by atoms with Crippen molar-refractivity contribution >= 4 is 12.0 Å². The van der Waals surface area contributed by atoms with Crippen molar-refractivity contribution < 1.29 is 19.1 Å². The number of rotatable bonds is 3. The Labute approximate surface area is 132 Å². The molecular formula is C16H28N2O4. The zero-order valence-corrected chi connectivity index (χ0v) is 14.1. The first-order valence-electron chi connectivity index (χ1n) is 8.04. The summed E-state index contributed by atoms with van der Waals surface area (Å²) in [4.78, 5) is 25.6. The predicted molar refractivity (Wildman–Crippen MR) is 82.4 cm³/mol. The molecule has 0 bridgehead atoms. The topological polar surface area (TPSA) is 67.9 Å². The number of ether oxygens (including phenoxy) is 2. The summed E-state index contributed by atoms with van der Waals surface area (Å²) in [5.41, 5.74) is -0.457. The Morgan fingerprint density at radius 1 is 1.18 bits per heavy atom. The fourth-order valence-electron chi connectivity index (χ4n) is 3.44. The molecule has 22 heavy (non-hydrogen) atoms. The SMILES string of the molecule is COCC(=O)NC1CCC2CN(C(=O)OC(C)(C)C)CC2C1. The number of fused-ring (bicyclic) bond motifs is 1. The summed E-state index contributed by atoms with van der Waals surface area (Å²) in [5.74, 6) is 0.921. The Balaban J connectivity index is 1.84. The molecule has 2 amide bonds. The van der Waals surface area contributed by atoms with E-state index in [0.29, 0.717) is 11.8 Å². The number of carbonyl (C=O) groups is 2. The Morgan fingerprint density at radius 3 is 2.50 bits per heavy atom. The van der Waals surface area contributed by atoms with Crippen molar-refractivity contribution in [2.45, 2.75) is 51.7 Å². The molecule has 3 atom stereocenters. The van der Waals surface area contributed by atoms with Crippen LogP contribution in [0, 0.1) is 11.8 Å². The largest absolute Gasteiger partial charge is 0.444 e. The molecule has 6 heteroatoms.